The summed E-state index contributed by atoms with van der Waals surface area (Å²) in [6, 6.07) is 7.94. The molecule has 94 valence electrons. The van der Waals surface area contributed by atoms with Gasteiger partial charge in [0.25, 0.3) is 5.91 Å². The molecule has 1 atom stereocenters. The summed E-state index contributed by atoms with van der Waals surface area (Å²) in [4.78, 5) is 23.1. The lowest BCUT2D eigenvalue weighted by Gasteiger charge is -2.16. The van der Waals surface area contributed by atoms with Crippen LogP contribution in [0.2, 0.25) is 0 Å². The van der Waals surface area contributed by atoms with Gasteiger partial charge in [-0.05, 0) is 12.5 Å². The van der Waals surface area contributed by atoms with Crippen molar-refractivity contribution in [1.82, 2.24) is 5.32 Å². The van der Waals surface area contributed by atoms with Crippen LogP contribution in [-0.2, 0) is 9.59 Å². The minimum absolute atomic E-state index is 0.303. The number of carbonyl (C=O) groups is 2. The summed E-state index contributed by atoms with van der Waals surface area (Å²) in [5, 5.41) is 11.3. The topological polar surface area (TPSA) is 66.4 Å². The number of ketones is 1. The van der Waals surface area contributed by atoms with Crippen molar-refractivity contribution in [2.45, 2.75) is 13.0 Å². The van der Waals surface area contributed by atoms with Gasteiger partial charge in [-0.15, -0.1) is 0 Å². The van der Waals surface area contributed by atoms with E-state index in [0.29, 0.717) is 10.4 Å². The van der Waals surface area contributed by atoms with Gasteiger partial charge in [0.05, 0.1) is 4.86 Å². The minimum Gasteiger partial charge on any atom is -0.503 e. The van der Waals surface area contributed by atoms with E-state index in [1.807, 2.05) is 6.07 Å². The first-order valence-corrected chi connectivity index (χ1v) is 5.62. The zero-order valence-electron chi connectivity index (χ0n) is 9.84. The van der Waals surface area contributed by atoms with Crippen LogP contribution in [-0.4, -0.2) is 27.7 Å². The van der Waals surface area contributed by atoms with Crippen LogP contribution < -0.4 is 5.32 Å². The Morgan fingerprint density at radius 3 is 2.33 bits per heavy atom. The Kier molecular flexibility index (Phi) is 4.74. The molecule has 0 radical (unpaired) electrons. The molecular weight excluding hydrogens is 250 g/mol. The number of carbonyl (C=O) groups excluding carboxylic acids is 2. The summed E-state index contributed by atoms with van der Waals surface area (Å²) in [6.07, 6.45) is 0. The van der Waals surface area contributed by atoms with E-state index in [2.05, 4.69) is 11.9 Å². The highest BCUT2D eigenvalue weighted by Gasteiger charge is 2.23. The highest BCUT2D eigenvalue weighted by Crippen LogP contribution is 2.06. The van der Waals surface area contributed by atoms with Crippen molar-refractivity contribution in [3.05, 3.63) is 48.2 Å². The minimum atomic E-state index is -0.946. The molecule has 1 aromatic carbocycles. The van der Waals surface area contributed by atoms with Gasteiger partial charge in [0, 0.05) is 0 Å². The molecule has 0 aromatic heterocycles. The van der Waals surface area contributed by atoms with Crippen molar-refractivity contribution >= 4 is 28.8 Å². The molecule has 0 saturated heterocycles. The molecule has 1 unspecified atom stereocenters. The van der Waals surface area contributed by atoms with Gasteiger partial charge in [-0.1, -0.05) is 49.1 Å². The number of Topliss-reactive ketones (excluding diaryl/α,β-unsaturated/α-hetero) is 1. The fourth-order valence-corrected chi connectivity index (χ4v) is 1.70. The molecular formula is C13H13NO3S. The number of amides is 1. The standard InChI is InChI=1S/C13H13NO3S/c1-8(15)11(14-13(17)9(2)16)12(18)10-6-4-3-5-7-10/h3-7,11,16H,2H2,1H3,(H,14,17). The van der Waals surface area contributed by atoms with Crippen LogP contribution >= 0.6 is 12.2 Å². The number of rotatable bonds is 5. The van der Waals surface area contributed by atoms with Crippen molar-refractivity contribution in [3.8, 4) is 0 Å². The molecule has 1 rings (SSSR count). The lowest BCUT2D eigenvalue weighted by molar-refractivity contribution is -0.124. The van der Waals surface area contributed by atoms with Crippen LogP contribution in [0.5, 0.6) is 0 Å². The Bertz CT molecular complexity index is 496. The normalized spacial score (nSPS) is 11.4. The Hall–Kier alpha value is -2.01. The van der Waals surface area contributed by atoms with Crippen LogP contribution in [0.25, 0.3) is 0 Å². The summed E-state index contributed by atoms with van der Waals surface area (Å²) in [5.41, 5.74) is 0.677. The van der Waals surface area contributed by atoms with Crippen LogP contribution in [0, 0.1) is 0 Å². The number of benzene rings is 1. The van der Waals surface area contributed by atoms with Gasteiger partial charge in [-0.3, -0.25) is 9.59 Å². The second-order valence-corrected chi connectivity index (χ2v) is 4.13. The van der Waals surface area contributed by atoms with E-state index in [1.165, 1.54) is 6.92 Å². The van der Waals surface area contributed by atoms with E-state index >= 15 is 0 Å². The SMILES string of the molecule is C=C(O)C(=O)NC(C(C)=O)C(=S)c1ccccc1. The number of hydrogen-bond acceptors (Lipinski definition) is 4. The third-order valence-electron chi connectivity index (χ3n) is 2.26. The summed E-state index contributed by atoms with van der Waals surface area (Å²) in [5.74, 6) is -1.77. The Morgan fingerprint density at radius 1 is 1.33 bits per heavy atom. The zero-order chi connectivity index (χ0) is 13.7. The van der Waals surface area contributed by atoms with Gasteiger partial charge in [-0.25, -0.2) is 0 Å². The van der Waals surface area contributed by atoms with Crippen LogP contribution in [0.1, 0.15) is 12.5 Å². The molecule has 1 aromatic rings. The molecule has 4 nitrogen and oxygen atoms in total. The van der Waals surface area contributed by atoms with Gasteiger partial charge >= 0.3 is 0 Å². The Morgan fingerprint density at radius 2 is 1.89 bits per heavy atom. The predicted molar refractivity (Wildman–Crippen MR) is 72.5 cm³/mol. The van der Waals surface area contributed by atoms with Crippen LogP contribution in [0.3, 0.4) is 0 Å². The average Bonchev–Trinajstić information content (AvgIpc) is 2.35. The molecule has 0 aliphatic heterocycles. The van der Waals surface area contributed by atoms with E-state index in [0.717, 1.165) is 0 Å². The lowest BCUT2D eigenvalue weighted by Crippen LogP contribution is -2.45. The molecule has 0 aliphatic rings. The molecule has 5 heteroatoms. The van der Waals surface area contributed by atoms with E-state index in [1.54, 1.807) is 24.3 Å². The average molecular weight is 263 g/mol. The Balaban J connectivity index is 2.93. The maximum atomic E-state index is 11.5. The fourth-order valence-electron chi connectivity index (χ4n) is 1.34. The summed E-state index contributed by atoms with van der Waals surface area (Å²) in [7, 11) is 0. The Labute approximate surface area is 110 Å². The molecule has 2 N–H and O–H groups in total. The maximum absolute atomic E-state index is 11.5. The van der Waals surface area contributed by atoms with E-state index in [4.69, 9.17) is 17.3 Å². The van der Waals surface area contributed by atoms with Gasteiger partial charge in [0.2, 0.25) is 0 Å². The predicted octanol–water partition coefficient (Wildman–Crippen LogP) is 1.55. The van der Waals surface area contributed by atoms with Crippen molar-refractivity contribution in [3.63, 3.8) is 0 Å². The number of nitrogens with one attached hydrogen (secondary N) is 1. The van der Waals surface area contributed by atoms with Gasteiger partial charge < -0.3 is 10.4 Å². The molecule has 0 aliphatic carbocycles. The zero-order valence-corrected chi connectivity index (χ0v) is 10.7. The highest BCUT2D eigenvalue weighted by atomic mass is 32.1. The van der Waals surface area contributed by atoms with Crippen molar-refractivity contribution in [1.29, 1.82) is 0 Å². The third kappa shape index (κ3) is 3.49. The lowest BCUT2D eigenvalue weighted by atomic mass is 10.0. The first kappa shape index (κ1) is 14.1. The molecule has 0 bridgehead atoms. The van der Waals surface area contributed by atoms with Crippen molar-refractivity contribution < 1.29 is 14.7 Å². The molecule has 0 fully saturated rings. The summed E-state index contributed by atoms with van der Waals surface area (Å²) < 4.78 is 0. The molecule has 1 amide bonds. The van der Waals surface area contributed by atoms with Gasteiger partial charge in [0.1, 0.15) is 6.04 Å². The van der Waals surface area contributed by atoms with Crippen molar-refractivity contribution in [2.24, 2.45) is 0 Å². The third-order valence-corrected chi connectivity index (χ3v) is 2.74. The molecule has 0 saturated carbocycles. The molecule has 0 heterocycles. The summed E-state index contributed by atoms with van der Waals surface area (Å²) in [6.45, 7) is 4.41. The van der Waals surface area contributed by atoms with E-state index < -0.39 is 17.7 Å². The fraction of sp³-hybridized carbons (Fsp3) is 0.154. The number of aliphatic hydroxyl groups is 1. The number of thiocarbonyl (C=S) groups is 1. The largest absolute Gasteiger partial charge is 0.503 e. The van der Waals surface area contributed by atoms with Gasteiger partial charge in [0.15, 0.2) is 11.5 Å². The molecule has 0 spiro atoms. The smallest absolute Gasteiger partial charge is 0.286 e. The van der Waals surface area contributed by atoms with Gasteiger partial charge in [-0.2, -0.15) is 0 Å². The van der Waals surface area contributed by atoms with E-state index in [-0.39, 0.29) is 5.78 Å². The molecule has 18 heavy (non-hydrogen) atoms. The second kappa shape index (κ2) is 6.07. The monoisotopic (exact) mass is 263 g/mol. The maximum Gasteiger partial charge on any atom is 0.286 e. The van der Waals surface area contributed by atoms with E-state index in [9.17, 15) is 9.59 Å². The first-order valence-electron chi connectivity index (χ1n) is 5.22. The highest BCUT2D eigenvalue weighted by molar-refractivity contribution is 7.81. The van der Waals surface area contributed by atoms with Crippen molar-refractivity contribution in [2.75, 3.05) is 0 Å². The van der Waals surface area contributed by atoms with Crippen LogP contribution in [0.4, 0.5) is 0 Å². The number of hydrogen-bond donors (Lipinski definition) is 2. The quantitative estimate of drug-likeness (QED) is 0.366. The summed E-state index contributed by atoms with van der Waals surface area (Å²) >= 11 is 5.18. The first-order chi connectivity index (χ1) is 8.43. The number of aliphatic hydroxyl groups excluding tert-OH is 1. The second-order valence-electron chi connectivity index (χ2n) is 3.69. The van der Waals surface area contributed by atoms with Crippen LogP contribution in [0.15, 0.2) is 42.7 Å².